The lowest BCUT2D eigenvalue weighted by Crippen LogP contribution is -2.46. The average molecular weight is 250 g/mol. The molecule has 0 aromatic carbocycles. The molecule has 18 heavy (non-hydrogen) atoms. The molecular weight excluding hydrogens is 228 g/mol. The first-order valence-electron chi connectivity index (χ1n) is 6.59. The molecule has 1 aliphatic heterocycles. The molecule has 0 saturated carbocycles. The van der Waals surface area contributed by atoms with Crippen LogP contribution in [0.4, 0.5) is 5.82 Å². The third-order valence-electron chi connectivity index (χ3n) is 3.59. The SMILES string of the molecule is CC(C)c1nc(N2CCC(N)C(C)C2)cc(=O)[nH]1. The van der Waals surface area contributed by atoms with Crippen molar-refractivity contribution in [2.24, 2.45) is 11.7 Å². The highest BCUT2D eigenvalue weighted by atomic mass is 16.1. The van der Waals surface area contributed by atoms with E-state index in [1.165, 1.54) is 0 Å². The van der Waals surface area contributed by atoms with Crippen LogP contribution < -0.4 is 16.2 Å². The second kappa shape index (κ2) is 5.10. The maximum absolute atomic E-state index is 11.7. The van der Waals surface area contributed by atoms with Gasteiger partial charge in [0.05, 0.1) is 0 Å². The Morgan fingerprint density at radius 1 is 1.56 bits per heavy atom. The van der Waals surface area contributed by atoms with Gasteiger partial charge >= 0.3 is 0 Å². The number of H-pyrrole nitrogens is 1. The number of nitrogens with one attached hydrogen (secondary N) is 1. The van der Waals surface area contributed by atoms with E-state index in [1.54, 1.807) is 6.07 Å². The van der Waals surface area contributed by atoms with E-state index >= 15 is 0 Å². The van der Waals surface area contributed by atoms with Gasteiger partial charge < -0.3 is 15.6 Å². The number of aromatic nitrogens is 2. The summed E-state index contributed by atoms with van der Waals surface area (Å²) in [5.41, 5.74) is 5.93. The second-order valence-electron chi connectivity index (χ2n) is 5.52. The van der Waals surface area contributed by atoms with Gasteiger partial charge in [-0.15, -0.1) is 0 Å². The molecule has 100 valence electrons. The predicted octanol–water partition coefficient (Wildman–Crippen LogP) is 1.07. The lowest BCUT2D eigenvalue weighted by Gasteiger charge is -2.35. The lowest BCUT2D eigenvalue weighted by molar-refractivity contribution is 0.381. The van der Waals surface area contributed by atoms with Gasteiger partial charge in [0.1, 0.15) is 11.6 Å². The van der Waals surface area contributed by atoms with E-state index in [9.17, 15) is 4.79 Å². The molecular formula is C13H22N4O. The van der Waals surface area contributed by atoms with E-state index in [0.717, 1.165) is 31.2 Å². The average Bonchev–Trinajstić information content (AvgIpc) is 2.31. The van der Waals surface area contributed by atoms with Gasteiger partial charge in [0.25, 0.3) is 5.56 Å². The Hall–Kier alpha value is -1.36. The minimum absolute atomic E-state index is 0.0776. The molecule has 1 aromatic rings. The van der Waals surface area contributed by atoms with E-state index in [4.69, 9.17) is 5.73 Å². The lowest BCUT2D eigenvalue weighted by atomic mass is 9.95. The zero-order valence-electron chi connectivity index (χ0n) is 11.3. The van der Waals surface area contributed by atoms with Crippen LogP contribution in [0.1, 0.15) is 38.9 Å². The molecule has 0 spiro atoms. The van der Waals surface area contributed by atoms with E-state index < -0.39 is 0 Å². The van der Waals surface area contributed by atoms with Crippen LogP contribution in [0, 0.1) is 5.92 Å². The Labute approximate surface area is 107 Å². The zero-order valence-corrected chi connectivity index (χ0v) is 11.3. The number of piperidine rings is 1. The van der Waals surface area contributed by atoms with Crippen molar-refractivity contribution >= 4 is 5.82 Å². The summed E-state index contributed by atoms with van der Waals surface area (Å²) >= 11 is 0. The normalized spacial score (nSPS) is 24.6. The van der Waals surface area contributed by atoms with Crippen molar-refractivity contribution in [3.63, 3.8) is 0 Å². The zero-order chi connectivity index (χ0) is 13.3. The third kappa shape index (κ3) is 2.72. The third-order valence-corrected chi connectivity index (χ3v) is 3.59. The van der Waals surface area contributed by atoms with Crippen molar-refractivity contribution < 1.29 is 0 Å². The molecule has 1 fully saturated rings. The summed E-state index contributed by atoms with van der Waals surface area (Å²) < 4.78 is 0. The molecule has 2 rings (SSSR count). The quantitative estimate of drug-likeness (QED) is 0.823. The first kappa shape index (κ1) is 13.1. The summed E-state index contributed by atoms with van der Waals surface area (Å²) in [7, 11) is 0. The molecule has 1 aliphatic rings. The Kier molecular flexibility index (Phi) is 3.71. The highest BCUT2D eigenvalue weighted by Gasteiger charge is 2.24. The second-order valence-corrected chi connectivity index (χ2v) is 5.52. The van der Waals surface area contributed by atoms with E-state index in [2.05, 4.69) is 21.8 Å². The Morgan fingerprint density at radius 3 is 2.89 bits per heavy atom. The van der Waals surface area contributed by atoms with Crippen LogP contribution >= 0.6 is 0 Å². The topological polar surface area (TPSA) is 75.0 Å². The smallest absolute Gasteiger partial charge is 0.252 e. The highest BCUT2D eigenvalue weighted by molar-refractivity contribution is 5.38. The molecule has 5 heteroatoms. The molecule has 0 bridgehead atoms. The number of aromatic amines is 1. The van der Waals surface area contributed by atoms with Gasteiger partial charge in [0.15, 0.2) is 0 Å². The van der Waals surface area contributed by atoms with Crippen molar-refractivity contribution in [2.45, 2.75) is 39.2 Å². The number of rotatable bonds is 2. The van der Waals surface area contributed by atoms with Crippen LogP contribution in [0.2, 0.25) is 0 Å². The summed E-state index contributed by atoms with van der Waals surface area (Å²) in [4.78, 5) is 21.2. The number of nitrogens with zero attached hydrogens (tertiary/aromatic N) is 2. The Balaban J connectivity index is 2.25. The Morgan fingerprint density at radius 2 is 2.28 bits per heavy atom. The van der Waals surface area contributed by atoms with Crippen molar-refractivity contribution in [3.8, 4) is 0 Å². The van der Waals surface area contributed by atoms with Gasteiger partial charge in [-0.05, 0) is 12.3 Å². The van der Waals surface area contributed by atoms with Gasteiger partial charge in [0.2, 0.25) is 0 Å². The summed E-state index contributed by atoms with van der Waals surface area (Å²) in [6.07, 6.45) is 0.951. The Bertz CT molecular complexity index is 468. The predicted molar refractivity (Wildman–Crippen MR) is 72.9 cm³/mol. The fraction of sp³-hybridized carbons (Fsp3) is 0.692. The first-order valence-corrected chi connectivity index (χ1v) is 6.59. The summed E-state index contributed by atoms with van der Waals surface area (Å²) in [5, 5.41) is 0. The van der Waals surface area contributed by atoms with Crippen molar-refractivity contribution in [3.05, 3.63) is 22.2 Å². The number of hydrogen-bond donors (Lipinski definition) is 2. The molecule has 5 nitrogen and oxygen atoms in total. The molecule has 3 N–H and O–H groups in total. The van der Waals surface area contributed by atoms with Gasteiger partial charge in [-0.1, -0.05) is 20.8 Å². The highest BCUT2D eigenvalue weighted by Crippen LogP contribution is 2.20. The maximum atomic E-state index is 11.7. The first-order chi connectivity index (χ1) is 8.47. The van der Waals surface area contributed by atoms with Gasteiger partial charge in [0, 0.05) is 31.1 Å². The van der Waals surface area contributed by atoms with Crippen LogP contribution in [0.15, 0.2) is 10.9 Å². The number of hydrogen-bond acceptors (Lipinski definition) is 4. The van der Waals surface area contributed by atoms with E-state index in [-0.39, 0.29) is 17.5 Å². The van der Waals surface area contributed by atoms with Crippen LogP contribution in [-0.2, 0) is 0 Å². The van der Waals surface area contributed by atoms with Gasteiger partial charge in [-0.3, -0.25) is 4.79 Å². The van der Waals surface area contributed by atoms with Crippen LogP contribution in [0.5, 0.6) is 0 Å². The van der Waals surface area contributed by atoms with Gasteiger partial charge in [-0.25, -0.2) is 4.98 Å². The minimum Gasteiger partial charge on any atom is -0.356 e. The molecule has 1 saturated heterocycles. The largest absolute Gasteiger partial charge is 0.356 e. The van der Waals surface area contributed by atoms with Gasteiger partial charge in [-0.2, -0.15) is 0 Å². The molecule has 0 radical (unpaired) electrons. The minimum atomic E-state index is -0.0776. The fourth-order valence-electron chi connectivity index (χ4n) is 2.27. The monoisotopic (exact) mass is 250 g/mol. The van der Waals surface area contributed by atoms with Crippen molar-refractivity contribution in [1.29, 1.82) is 0 Å². The molecule has 2 heterocycles. The summed E-state index contributed by atoms with van der Waals surface area (Å²) in [6.45, 7) is 7.94. The van der Waals surface area contributed by atoms with Crippen LogP contribution in [0.3, 0.4) is 0 Å². The molecule has 1 aromatic heterocycles. The molecule has 0 aliphatic carbocycles. The molecule has 0 amide bonds. The number of anilines is 1. The van der Waals surface area contributed by atoms with Crippen LogP contribution in [-0.4, -0.2) is 29.1 Å². The van der Waals surface area contributed by atoms with Crippen LogP contribution in [0.25, 0.3) is 0 Å². The summed E-state index contributed by atoms with van der Waals surface area (Å²) in [6, 6.07) is 1.84. The number of nitrogens with two attached hydrogens (primary N) is 1. The molecule has 2 unspecified atom stereocenters. The maximum Gasteiger partial charge on any atom is 0.252 e. The van der Waals surface area contributed by atoms with Crippen molar-refractivity contribution in [2.75, 3.05) is 18.0 Å². The van der Waals surface area contributed by atoms with E-state index in [1.807, 2.05) is 13.8 Å². The molecule has 2 atom stereocenters. The fourth-order valence-corrected chi connectivity index (χ4v) is 2.27. The van der Waals surface area contributed by atoms with Crippen molar-refractivity contribution in [1.82, 2.24) is 9.97 Å². The van der Waals surface area contributed by atoms with E-state index in [0.29, 0.717) is 5.92 Å². The standard InChI is InChI=1S/C13H22N4O/c1-8(2)13-15-11(6-12(18)16-13)17-5-4-10(14)9(3)7-17/h6,8-10H,4-5,7,14H2,1-3H3,(H,15,16,18). The summed E-state index contributed by atoms with van der Waals surface area (Å²) in [5.74, 6) is 2.19.